The molecule has 0 spiro atoms. The van der Waals surface area contributed by atoms with Crippen LogP contribution in [0.4, 0.5) is 15.8 Å². The number of amides is 2. The van der Waals surface area contributed by atoms with E-state index < -0.39 is 5.92 Å². The van der Waals surface area contributed by atoms with Crippen LogP contribution in [0, 0.1) is 11.7 Å². The first kappa shape index (κ1) is 16.0. The van der Waals surface area contributed by atoms with E-state index in [1.54, 1.807) is 31.4 Å². The fraction of sp³-hybridized carbons (Fsp3) is 0.222. The summed E-state index contributed by atoms with van der Waals surface area (Å²) in [5, 5.41) is 2.80. The Hall–Kier alpha value is -2.89. The lowest BCUT2D eigenvalue weighted by Crippen LogP contribution is -2.28. The Labute approximate surface area is 139 Å². The van der Waals surface area contributed by atoms with E-state index in [2.05, 4.69) is 5.32 Å². The molecule has 0 bridgehead atoms. The molecular weight excluding hydrogens is 311 g/mol. The molecule has 0 radical (unpaired) electrons. The summed E-state index contributed by atoms with van der Waals surface area (Å²) in [7, 11) is 1.57. The van der Waals surface area contributed by atoms with Crippen LogP contribution in [0.2, 0.25) is 0 Å². The molecule has 0 aromatic heterocycles. The molecular formula is C18H17FN2O3. The number of hydrogen-bond donors (Lipinski definition) is 1. The van der Waals surface area contributed by atoms with Crippen molar-refractivity contribution < 1.29 is 18.7 Å². The van der Waals surface area contributed by atoms with Crippen LogP contribution in [-0.2, 0) is 9.59 Å². The maximum absolute atomic E-state index is 13.0. The first-order valence-electron chi connectivity index (χ1n) is 7.57. The number of rotatable bonds is 4. The largest absolute Gasteiger partial charge is 0.497 e. The number of methoxy groups -OCH3 is 1. The minimum atomic E-state index is -0.440. The van der Waals surface area contributed by atoms with Gasteiger partial charge in [-0.25, -0.2) is 4.39 Å². The Morgan fingerprint density at radius 1 is 1.17 bits per heavy atom. The van der Waals surface area contributed by atoms with E-state index in [0.717, 1.165) is 0 Å². The molecule has 1 fully saturated rings. The summed E-state index contributed by atoms with van der Waals surface area (Å²) >= 11 is 0. The molecule has 0 aliphatic carbocycles. The third kappa shape index (κ3) is 3.37. The second-order valence-electron chi connectivity index (χ2n) is 5.60. The van der Waals surface area contributed by atoms with Gasteiger partial charge in [0.25, 0.3) is 0 Å². The van der Waals surface area contributed by atoms with Crippen molar-refractivity contribution in [2.45, 2.75) is 6.42 Å². The second-order valence-corrected chi connectivity index (χ2v) is 5.60. The van der Waals surface area contributed by atoms with E-state index in [-0.39, 0.29) is 30.6 Å². The first-order chi connectivity index (χ1) is 11.6. The molecule has 1 atom stereocenters. The topological polar surface area (TPSA) is 58.6 Å². The fourth-order valence-corrected chi connectivity index (χ4v) is 2.67. The van der Waals surface area contributed by atoms with Gasteiger partial charge in [-0.1, -0.05) is 0 Å². The van der Waals surface area contributed by atoms with Gasteiger partial charge in [-0.15, -0.1) is 0 Å². The molecule has 1 heterocycles. The van der Waals surface area contributed by atoms with Crippen LogP contribution < -0.4 is 15.0 Å². The molecule has 24 heavy (non-hydrogen) atoms. The summed E-state index contributed by atoms with van der Waals surface area (Å²) in [6.07, 6.45) is 0.138. The Bertz CT molecular complexity index is 744. The lowest BCUT2D eigenvalue weighted by molar-refractivity contribution is -0.122. The van der Waals surface area contributed by atoms with Gasteiger partial charge in [0.15, 0.2) is 0 Å². The van der Waals surface area contributed by atoms with Gasteiger partial charge in [-0.2, -0.15) is 0 Å². The zero-order chi connectivity index (χ0) is 17.1. The van der Waals surface area contributed by atoms with Crippen LogP contribution in [0.3, 0.4) is 0 Å². The Morgan fingerprint density at radius 2 is 1.83 bits per heavy atom. The van der Waals surface area contributed by atoms with Gasteiger partial charge in [0.05, 0.1) is 13.0 Å². The van der Waals surface area contributed by atoms with E-state index >= 15 is 0 Å². The number of benzene rings is 2. The fourth-order valence-electron chi connectivity index (χ4n) is 2.67. The van der Waals surface area contributed by atoms with Gasteiger partial charge in [0, 0.05) is 24.3 Å². The number of carbonyl (C=O) groups excluding carboxylic acids is 2. The number of hydrogen-bond acceptors (Lipinski definition) is 3. The third-order valence-electron chi connectivity index (χ3n) is 3.99. The van der Waals surface area contributed by atoms with Gasteiger partial charge in [-0.3, -0.25) is 9.59 Å². The van der Waals surface area contributed by atoms with Crippen molar-refractivity contribution >= 4 is 23.2 Å². The Morgan fingerprint density at radius 3 is 2.46 bits per heavy atom. The molecule has 124 valence electrons. The summed E-state index contributed by atoms with van der Waals surface area (Å²) in [5.41, 5.74) is 1.25. The average Bonchev–Trinajstić information content (AvgIpc) is 2.98. The van der Waals surface area contributed by atoms with E-state index in [9.17, 15) is 14.0 Å². The van der Waals surface area contributed by atoms with Gasteiger partial charge >= 0.3 is 0 Å². The maximum atomic E-state index is 13.0. The van der Waals surface area contributed by atoms with Crippen LogP contribution in [0.15, 0.2) is 48.5 Å². The van der Waals surface area contributed by atoms with E-state index in [0.29, 0.717) is 17.1 Å². The summed E-state index contributed by atoms with van der Waals surface area (Å²) in [5.74, 6) is -0.454. The van der Waals surface area contributed by atoms with Crippen molar-refractivity contribution in [3.8, 4) is 5.75 Å². The zero-order valence-electron chi connectivity index (χ0n) is 13.2. The highest BCUT2D eigenvalue weighted by Gasteiger charge is 2.35. The SMILES string of the molecule is COc1ccc(NC(=O)[C@@H]2CC(=O)N(c3ccc(F)cc3)C2)cc1. The van der Waals surface area contributed by atoms with E-state index in [4.69, 9.17) is 4.74 Å². The predicted molar refractivity (Wildman–Crippen MR) is 88.5 cm³/mol. The van der Waals surface area contributed by atoms with Crippen molar-refractivity contribution in [3.05, 3.63) is 54.3 Å². The minimum Gasteiger partial charge on any atom is -0.497 e. The van der Waals surface area contributed by atoms with Crippen molar-refractivity contribution in [1.82, 2.24) is 0 Å². The van der Waals surface area contributed by atoms with Crippen LogP contribution in [-0.4, -0.2) is 25.5 Å². The normalized spacial score (nSPS) is 17.0. The number of anilines is 2. The molecule has 1 aliphatic rings. The summed E-state index contributed by atoms with van der Waals surface area (Å²) < 4.78 is 18.1. The van der Waals surface area contributed by atoms with Gasteiger partial charge in [0.2, 0.25) is 11.8 Å². The third-order valence-corrected chi connectivity index (χ3v) is 3.99. The number of nitrogens with zero attached hydrogens (tertiary/aromatic N) is 1. The standard InChI is InChI=1S/C18H17FN2O3/c1-24-16-8-4-14(5-9-16)20-18(23)12-10-17(22)21(11-12)15-6-2-13(19)3-7-15/h2-9,12H,10-11H2,1H3,(H,20,23)/t12-/m1/s1. The lowest BCUT2D eigenvalue weighted by Gasteiger charge is -2.16. The van der Waals surface area contributed by atoms with Crippen molar-refractivity contribution in [2.75, 3.05) is 23.9 Å². The number of nitrogens with one attached hydrogen (secondary N) is 1. The van der Waals surface area contributed by atoms with Crippen molar-refractivity contribution in [3.63, 3.8) is 0 Å². The van der Waals surface area contributed by atoms with Crippen LogP contribution in [0.1, 0.15) is 6.42 Å². The molecule has 2 aromatic rings. The van der Waals surface area contributed by atoms with Crippen LogP contribution >= 0.6 is 0 Å². The summed E-state index contributed by atoms with van der Waals surface area (Å²) in [6.45, 7) is 0.284. The smallest absolute Gasteiger partial charge is 0.229 e. The molecule has 3 rings (SSSR count). The molecule has 2 amide bonds. The number of carbonyl (C=O) groups is 2. The highest BCUT2D eigenvalue weighted by Crippen LogP contribution is 2.26. The van der Waals surface area contributed by atoms with Crippen molar-refractivity contribution in [1.29, 1.82) is 0 Å². The van der Waals surface area contributed by atoms with Gasteiger partial charge in [0.1, 0.15) is 11.6 Å². The minimum absolute atomic E-state index is 0.138. The van der Waals surface area contributed by atoms with E-state index in [1.165, 1.54) is 29.2 Å². The number of halogens is 1. The van der Waals surface area contributed by atoms with Gasteiger partial charge < -0.3 is 15.0 Å². The Balaban J connectivity index is 1.66. The molecule has 5 nitrogen and oxygen atoms in total. The molecule has 1 N–H and O–H groups in total. The molecule has 6 heteroatoms. The maximum Gasteiger partial charge on any atom is 0.229 e. The monoisotopic (exact) mass is 328 g/mol. The zero-order valence-corrected chi connectivity index (χ0v) is 13.2. The van der Waals surface area contributed by atoms with Crippen molar-refractivity contribution in [2.24, 2.45) is 5.92 Å². The quantitative estimate of drug-likeness (QED) is 0.939. The van der Waals surface area contributed by atoms with E-state index in [1.807, 2.05) is 0 Å². The summed E-state index contributed by atoms with van der Waals surface area (Å²) in [6, 6.07) is 12.7. The highest BCUT2D eigenvalue weighted by atomic mass is 19.1. The lowest BCUT2D eigenvalue weighted by atomic mass is 10.1. The molecule has 2 aromatic carbocycles. The molecule has 1 aliphatic heterocycles. The molecule has 0 saturated carbocycles. The summed E-state index contributed by atoms with van der Waals surface area (Å²) in [4.78, 5) is 26.0. The molecule has 1 saturated heterocycles. The van der Waals surface area contributed by atoms with Crippen LogP contribution in [0.25, 0.3) is 0 Å². The Kier molecular flexibility index (Phi) is 4.46. The van der Waals surface area contributed by atoms with Crippen LogP contribution in [0.5, 0.6) is 5.75 Å². The molecule has 0 unspecified atom stereocenters. The second kappa shape index (κ2) is 6.70. The predicted octanol–water partition coefficient (Wildman–Crippen LogP) is 2.83. The van der Waals surface area contributed by atoms with Gasteiger partial charge in [-0.05, 0) is 48.5 Å². The highest BCUT2D eigenvalue weighted by molar-refractivity contribution is 6.03. The first-order valence-corrected chi connectivity index (χ1v) is 7.57. The number of ether oxygens (including phenoxy) is 1. The average molecular weight is 328 g/mol.